The van der Waals surface area contributed by atoms with Crippen molar-refractivity contribution in [2.75, 3.05) is 5.73 Å². The van der Waals surface area contributed by atoms with Gasteiger partial charge in [0, 0.05) is 15.4 Å². The van der Waals surface area contributed by atoms with Gasteiger partial charge in [0.2, 0.25) is 0 Å². The topological polar surface area (TPSA) is 63.3 Å². The maximum atomic E-state index is 10.4. The van der Waals surface area contributed by atoms with Crippen LogP contribution in [0, 0.1) is 0 Å². The van der Waals surface area contributed by atoms with E-state index < -0.39 is 5.97 Å². The Balaban J connectivity index is 2.88. The Kier molecular flexibility index (Phi) is 3.95. The zero-order valence-electron chi connectivity index (χ0n) is 7.26. The number of halogens is 2. The Morgan fingerprint density at radius 2 is 2.07 bits per heavy atom. The van der Waals surface area contributed by atoms with Crippen molar-refractivity contribution in [2.45, 2.75) is 12.8 Å². The molecule has 0 radical (unpaired) electrons. The predicted octanol–water partition coefficient (Wildman–Crippen LogP) is 2.81. The summed E-state index contributed by atoms with van der Waals surface area (Å²) >= 11 is 6.62. The number of carboxylic acid groups (broad SMARTS) is 1. The molecule has 0 saturated heterocycles. The second-order valence-corrected chi connectivity index (χ2v) is 4.48. The third-order valence-corrected chi connectivity index (χ3v) is 3.44. The van der Waals surface area contributed by atoms with Gasteiger partial charge in [-0.05, 0) is 49.9 Å². The van der Waals surface area contributed by atoms with Gasteiger partial charge >= 0.3 is 5.97 Å². The maximum absolute atomic E-state index is 10.4. The Morgan fingerprint density at radius 3 is 2.64 bits per heavy atom. The van der Waals surface area contributed by atoms with Crippen molar-refractivity contribution in [2.24, 2.45) is 0 Å². The van der Waals surface area contributed by atoms with Crippen molar-refractivity contribution >= 4 is 43.5 Å². The van der Waals surface area contributed by atoms with Crippen LogP contribution in [0.15, 0.2) is 21.1 Å². The molecule has 0 saturated carbocycles. The highest BCUT2D eigenvalue weighted by Crippen LogP contribution is 2.31. The largest absolute Gasteiger partial charge is 0.481 e. The molecular weight excluding hydrogens is 314 g/mol. The van der Waals surface area contributed by atoms with E-state index in [1.165, 1.54) is 0 Å². The molecular formula is C9H9Br2NO2. The highest BCUT2D eigenvalue weighted by molar-refractivity contribution is 9.11. The van der Waals surface area contributed by atoms with Crippen LogP contribution in [0.4, 0.5) is 5.69 Å². The van der Waals surface area contributed by atoms with Crippen LogP contribution >= 0.6 is 31.9 Å². The number of rotatable bonds is 3. The molecule has 14 heavy (non-hydrogen) atoms. The van der Waals surface area contributed by atoms with Crippen LogP contribution in [-0.4, -0.2) is 11.1 Å². The fourth-order valence-corrected chi connectivity index (χ4v) is 2.19. The number of carboxylic acids is 1. The van der Waals surface area contributed by atoms with Gasteiger partial charge < -0.3 is 10.8 Å². The van der Waals surface area contributed by atoms with Gasteiger partial charge in [-0.3, -0.25) is 4.79 Å². The minimum absolute atomic E-state index is 0.111. The highest BCUT2D eigenvalue weighted by Gasteiger charge is 2.08. The quantitative estimate of drug-likeness (QED) is 0.841. The summed E-state index contributed by atoms with van der Waals surface area (Å²) in [4.78, 5) is 10.4. The number of aryl methyl sites for hydroxylation is 1. The maximum Gasteiger partial charge on any atom is 0.303 e. The van der Waals surface area contributed by atoms with Gasteiger partial charge in [0.1, 0.15) is 0 Å². The molecule has 0 unspecified atom stereocenters. The summed E-state index contributed by atoms with van der Waals surface area (Å²) < 4.78 is 1.58. The van der Waals surface area contributed by atoms with Crippen molar-refractivity contribution in [3.8, 4) is 0 Å². The lowest BCUT2D eigenvalue weighted by Gasteiger charge is -2.07. The number of nitrogens with two attached hydrogens (primary N) is 1. The van der Waals surface area contributed by atoms with E-state index in [1.54, 1.807) is 0 Å². The van der Waals surface area contributed by atoms with Crippen LogP contribution in [0.25, 0.3) is 0 Å². The zero-order chi connectivity index (χ0) is 10.7. The molecule has 5 heteroatoms. The average molecular weight is 323 g/mol. The number of hydrogen-bond donors (Lipinski definition) is 2. The summed E-state index contributed by atoms with van der Waals surface area (Å²) in [6, 6.07) is 3.67. The van der Waals surface area contributed by atoms with Gasteiger partial charge in [-0.25, -0.2) is 0 Å². The van der Waals surface area contributed by atoms with Crippen molar-refractivity contribution in [3.05, 3.63) is 26.6 Å². The molecule has 3 N–H and O–H groups in total. The standard InChI is InChI=1S/C9H9Br2NO2/c10-6-3-1-5(2-4-7(13)14)8(11)9(6)12/h1,3H,2,4,12H2,(H,13,14). The smallest absolute Gasteiger partial charge is 0.303 e. The average Bonchev–Trinajstić information content (AvgIpc) is 2.13. The molecule has 0 spiro atoms. The summed E-state index contributed by atoms with van der Waals surface area (Å²) in [5.74, 6) is -0.807. The van der Waals surface area contributed by atoms with Crippen LogP contribution < -0.4 is 5.73 Å². The van der Waals surface area contributed by atoms with E-state index in [2.05, 4.69) is 31.9 Å². The van der Waals surface area contributed by atoms with Gasteiger partial charge in [0.15, 0.2) is 0 Å². The second-order valence-electron chi connectivity index (χ2n) is 2.83. The molecule has 0 aliphatic carbocycles. The first-order valence-corrected chi connectivity index (χ1v) is 5.55. The number of nitrogen functional groups attached to an aromatic ring is 1. The van der Waals surface area contributed by atoms with Gasteiger partial charge in [-0.15, -0.1) is 0 Å². The van der Waals surface area contributed by atoms with E-state index in [0.29, 0.717) is 12.1 Å². The molecule has 1 aromatic rings. The van der Waals surface area contributed by atoms with Crippen LogP contribution in [0.1, 0.15) is 12.0 Å². The summed E-state index contributed by atoms with van der Waals surface area (Å²) in [5.41, 5.74) is 7.26. The summed E-state index contributed by atoms with van der Waals surface area (Å²) in [5, 5.41) is 8.53. The minimum atomic E-state index is -0.807. The Bertz CT molecular complexity index is 366. The van der Waals surface area contributed by atoms with E-state index in [9.17, 15) is 4.79 Å². The summed E-state index contributed by atoms with van der Waals surface area (Å²) in [6.45, 7) is 0. The zero-order valence-corrected chi connectivity index (χ0v) is 10.4. The van der Waals surface area contributed by atoms with E-state index >= 15 is 0 Å². The third kappa shape index (κ3) is 2.72. The molecule has 0 bridgehead atoms. The van der Waals surface area contributed by atoms with Crippen LogP contribution in [0.3, 0.4) is 0 Å². The molecule has 1 rings (SSSR count). The predicted molar refractivity (Wildman–Crippen MR) is 62.2 cm³/mol. The van der Waals surface area contributed by atoms with E-state index in [0.717, 1.165) is 14.5 Å². The Morgan fingerprint density at radius 1 is 1.43 bits per heavy atom. The van der Waals surface area contributed by atoms with Crippen molar-refractivity contribution in [1.29, 1.82) is 0 Å². The normalized spacial score (nSPS) is 10.1. The van der Waals surface area contributed by atoms with Gasteiger partial charge in [0.05, 0.1) is 5.69 Å². The molecule has 3 nitrogen and oxygen atoms in total. The molecule has 0 aromatic heterocycles. The lowest BCUT2D eigenvalue weighted by atomic mass is 10.1. The molecule has 76 valence electrons. The van der Waals surface area contributed by atoms with Gasteiger partial charge in [0.25, 0.3) is 0 Å². The lowest BCUT2D eigenvalue weighted by Crippen LogP contribution is -1.99. The van der Waals surface area contributed by atoms with Gasteiger partial charge in [-0.1, -0.05) is 6.07 Å². The van der Waals surface area contributed by atoms with E-state index in [4.69, 9.17) is 10.8 Å². The molecule has 0 amide bonds. The van der Waals surface area contributed by atoms with Crippen molar-refractivity contribution < 1.29 is 9.90 Å². The molecule has 0 fully saturated rings. The van der Waals surface area contributed by atoms with Crippen molar-refractivity contribution in [1.82, 2.24) is 0 Å². The SMILES string of the molecule is Nc1c(Br)ccc(CCC(=O)O)c1Br. The van der Waals surface area contributed by atoms with E-state index in [1.807, 2.05) is 12.1 Å². The first-order valence-electron chi connectivity index (χ1n) is 3.96. The molecule has 0 aliphatic heterocycles. The Labute approximate surface area is 98.6 Å². The lowest BCUT2D eigenvalue weighted by molar-refractivity contribution is -0.136. The second kappa shape index (κ2) is 4.79. The molecule has 0 aliphatic rings. The fraction of sp³-hybridized carbons (Fsp3) is 0.222. The summed E-state index contributed by atoms with van der Waals surface area (Å²) in [6.07, 6.45) is 0.590. The third-order valence-electron chi connectivity index (χ3n) is 1.81. The van der Waals surface area contributed by atoms with Crippen LogP contribution in [0.2, 0.25) is 0 Å². The van der Waals surface area contributed by atoms with Crippen LogP contribution in [-0.2, 0) is 11.2 Å². The highest BCUT2D eigenvalue weighted by atomic mass is 79.9. The molecule has 1 aromatic carbocycles. The van der Waals surface area contributed by atoms with E-state index in [-0.39, 0.29) is 6.42 Å². The number of benzene rings is 1. The van der Waals surface area contributed by atoms with Crippen LogP contribution in [0.5, 0.6) is 0 Å². The monoisotopic (exact) mass is 321 g/mol. The first-order chi connectivity index (χ1) is 6.52. The first kappa shape index (κ1) is 11.5. The minimum Gasteiger partial charge on any atom is -0.481 e. The van der Waals surface area contributed by atoms with Crippen molar-refractivity contribution in [3.63, 3.8) is 0 Å². The van der Waals surface area contributed by atoms with Gasteiger partial charge in [-0.2, -0.15) is 0 Å². The number of hydrogen-bond acceptors (Lipinski definition) is 2. The number of anilines is 1. The fourth-order valence-electron chi connectivity index (χ4n) is 1.05. The number of aliphatic carboxylic acids is 1. The molecule has 0 atom stereocenters. The number of carbonyl (C=O) groups is 1. The molecule has 0 heterocycles. The summed E-state index contributed by atoms with van der Waals surface area (Å²) in [7, 11) is 0. The Hall–Kier alpha value is -0.550.